The van der Waals surface area contributed by atoms with E-state index in [-0.39, 0.29) is 6.04 Å². The Bertz CT molecular complexity index is 568. The van der Waals surface area contributed by atoms with Gasteiger partial charge in [0.2, 0.25) is 5.91 Å². The molecule has 19 heavy (non-hydrogen) atoms. The lowest BCUT2D eigenvalue weighted by atomic mass is 10.1. The first kappa shape index (κ1) is 13.4. The van der Waals surface area contributed by atoms with Crippen LogP contribution in [0, 0.1) is 0 Å². The molecule has 5 N–H and O–H groups in total. The lowest BCUT2D eigenvalue weighted by molar-refractivity contribution is 0.100. The maximum Gasteiger partial charge on any atom is 0.248 e. The molecule has 0 spiro atoms. The van der Waals surface area contributed by atoms with Crippen LogP contribution in [0.5, 0.6) is 0 Å². The average molecular weight is 276 g/mol. The topological polar surface area (TPSA) is 94.0 Å². The molecule has 100 valence electrons. The number of anilines is 2. The van der Waals surface area contributed by atoms with Crippen LogP contribution >= 0.6 is 11.3 Å². The maximum atomic E-state index is 11.2. The zero-order valence-corrected chi connectivity index (χ0v) is 11.4. The van der Waals surface area contributed by atoms with Gasteiger partial charge in [-0.3, -0.25) is 4.79 Å². The van der Waals surface area contributed by atoms with E-state index in [2.05, 4.69) is 17.2 Å². The molecule has 0 aliphatic heterocycles. The van der Waals surface area contributed by atoms with Gasteiger partial charge in [-0.05, 0) is 24.6 Å². The Labute approximate surface area is 115 Å². The first-order valence-corrected chi connectivity index (χ1v) is 6.85. The number of rotatable bonds is 5. The van der Waals surface area contributed by atoms with Crippen molar-refractivity contribution in [1.29, 1.82) is 0 Å². The van der Waals surface area contributed by atoms with Gasteiger partial charge in [0, 0.05) is 17.1 Å². The fraction of sp³-hybridized carbons (Fsp3) is 0.231. The van der Waals surface area contributed by atoms with Gasteiger partial charge in [0.05, 0.1) is 17.4 Å². The van der Waals surface area contributed by atoms with E-state index in [0.29, 0.717) is 16.9 Å². The average Bonchev–Trinajstić information content (AvgIpc) is 2.91. The SMILES string of the molecule is CCC(Nc1cc(C(N)=O)ccc1N)c1nccs1. The van der Waals surface area contributed by atoms with Gasteiger partial charge in [0.15, 0.2) is 0 Å². The van der Waals surface area contributed by atoms with E-state index in [1.807, 2.05) is 5.38 Å². The number of nitrogens with one attached hydrogen (secondary N) is 1. The number of benzene rings is 1. The summed E-state index contributed by atoms with van der Waals surface area (Å²) in [5, 5.41) is 6.24. The van der Waals surface area contributed by atoms with Crippen LogP contribution in [0.3, 0.4) is 0 Å². The molecule has 6 heteroatoms. The van der Waals surface area contributed by atoms with Crippen molar-refractivity contribution in [2.45, 2.75) is 19.4 Å². The molecule has 1 amide bonds. The largest absolute Gasteiger partial charge is 0.397 e. The second-order valence-corrected chi connectivity index (χ2v) is 5.07. The molecule has 0 aliphatic carbocycles. The number of carbonyl (C=O) groups excluding carboxylic acids is 1. The van der Waals surface area contributed by atoms with Crippen LogP contribution in [0.4, 0.5) is 11.4 Å². The predicted molar refractivity (Wildman–Crippen MR) is 78.1 cm³/mol. The normalized spacial score (nSPS) is 12.1. The summed E-state index contributed by atoms with van der Waals surface area (Å²) in [6.45, 7) is 2.06. The summed E-state index contributed by atoms with van der Waals surface area (Å²) in [6.07, 6.45) is 2.64. The van der Waals surface area contributed by atoms with Crippen molar-refractivity contribution in [2.75, 3.05) is 11.1 Å². The van der Waals surface area contributed by atoms with Crippen molar-refractivity contribution in [1.82, 2.24) is 4.98 Å². The minimum Gasteiger partial charge on any atom is -0.397 e. The number of nitrogens with zero attached hydrogens (tertiary/aromatic N) is 1. The number of amides is 1. The molecule has 0 saturated heterocycles. The van der Waals surface area contributed by atoms with Crippen molar-refractivity contribution in [2.24, 2.45) is 5.73 Å². The van der Waals surface area contributed by atoms with Crippen molar-refractivity contribution in [3.05, 3.63) is 40.3 Å². The number of nitrogen functional groups attached to an aromatic ring is 1. The number of hydrogen-bond donors (Lipinski definition) is 3. The van der Waals surface area contributed by atoms with Gasteiger partial charge >= 0.3 is 0 Å². The predicted octanol–water partition coefficient (Wildman–Crippen LogP) is 2.39. The van der Waals surface area contributed by atoms with Crippen LogP contribution < -0.4 is 16.8 Å². The molecule has 1 aromatic heterocycles. The first-order chi connectivity index (χ1) is 9.11. The summed E-state index contributed by atoms with van der Waals surface area (Å²) in [4.78, 5) is 15.5. The van der Waals surface area contributed by atoms with Gasteiger partial charge in [-0.25, -0.2) is 4.98 Å². The number of primary amides is 1. The standard InChI is InChI=1S/C13H16N4OS/c1-2-10(13-16-5-6-19-13)17-11-7-8(12(15)18)3-4-9(11)14/h3-7,10,17H,2,14H2,1H3,(H2,15,18). The molecule has 5 nitrogen and oxygen atoms in total. The van der Waals surface area contributed by atoms with Crippen LogP contribution in [0.2, 0.25) is 0 Å². The van der Waals surface area contributed by atoms with Crippen molar-refractivity contribution < 1.29 is 4.79 Å². The molecule has 1 heterocycles. The van der Waals surface area contributed by atoms with E-state index < -0.39 is 5.91 Å². The van der Waals surface area contributed by atoms with E-state index in [4.69, 9.17) is 11.5 Å². The second-order valence-electron chi connectivity index (χ2n) is 4.14. The molecule has 0 fully saturated rings. The number of thiazole rings is 1. The molecular weight excluding hydrogens is 260 g/mol. The van der Waals surface area contributed by atoms with Crippen LogP contribution in [0.1, 0.15) is 34.8 Å². The van der Waals surface area contributed by atoms with E-state index in [1.165, 1.54) is 0 Å². The first-order valence-electron chi connectivity index (χ1n) is 5.97. The minimum absolute atomic E-state index is 0.0745. The van der Waals surface area contributed by atoms with Crippen LogP contribution in [-0.2, 0) is 0 Å². The highest BCUT2D eigenvalue weighted by atomic mass is 32.1. The van der Waals surface area contributed by atoms with Gasteiger partial charge in [-0.2, -0.15) is 0 Å². The van der Waals surface area contributed by atoms with E-state index in [9.17, 15) is 4.79 Å². The Kier molecular flexibility index (Phi) is 4.01. The summed E-state index contributed by atoms with van der Waals surface area (Å²) in [5.41, 5.74) is 12.9. The van der Waals surface area contributed by atoms with Gasteiger partial charge in [0.25, 0.3) is 0 Å². The third-order valence-electron chi connectivity index (χ3n) is 2.83. The molecule has 0 aliphatic rings. The number of aromatic nitrogens is 1. The van der Waals surface area contributed by atoms with Gasteiger partial charge in [-0.15, -0.1) is 11.3 Å². The highest BCUT2D eigenvalue weighted by Crippen LogP contribution is 2.28. The fourth-order valence-electron chi connectivity index (χ4n) is 1.77. The molecule has 0 bridgehead atoms. The van der Waals surface area contributed by atoms with Crippen LogP contribution in [-0.4, -0.2) is 10.9 Å². The summed E-state index contributed by atoms with van der Waals surface area (Å²) < 4.78 is 0. The summed E-state index contributed by atoms with van der Waals surface area (Å²) in [6, 6.07) is 5.04. The number of nitrogens with two attached hydrogens (primary N) is 2. The smallest absolute Gasteiger partial charge is 0.248 e. The van der Waals surface area contributed by atoms with E-state index in [1.54, 1.807) is 35.7 Å². The van der Waals surface area contributed by atoms with Crippen LogP contribution in [0.15, 0.2) is 29.8 Å². The lowest BCUT2D eigenvalue weighted by Gasteiger charge is -2.17. The minimum atomic E-state index is -0.467. The summed E-state index contributed by atoms with van der Waals surface area (Å²) in [7, 11) is 0. The molecule has 2 aromatic rings. The number of hydrogen-bond acceptors (Lipinski definition) is 5. The zero-order valence-electron chi connectivity index (χ0n) is 10.6. The Hall–Kier alpha value is -2.08. The van der Waals surface area contributed by atoms with Gasteiger partial charge in [0.1, 0.15) is 5.01 Å². The molecule has 1 unspecified atom stereocenters. The molecule has 1 atom stereocenters. The van der Waals surface area contributed by atoms with Crippen LogP contribution in [0.25, 0.3) is 0 Å². The maximum absolute atomic E-state index is 11.2. The highest BCUT2D eigenvalue weighted by molar-refractivity contribution is 7.09. The fourth-order valence-corrected chi connectivity index (χ4v) is 2.54. The molecule has 0 saturated carbocycles. The van der Waals surface area contributed by atoms with Crippen molar-refractivity contribution >= 4 is 28.6 Å². The zero-order chi connectivity index (χ0) is 13.8. The Morgan fingerprint density at radius 1 is 1.53 bits per heavy atom. The Morgan fingerprint density at radius 3 is 2.89 bits per heavy atom. The quantitative estimate of drug-likeness (QED) is 0.731. The van der Waals surface area contributed by atoms with E-state index >= 15 is 0 Å². The third kappa shape index (κ3) is 3.03. The number of carbonyl (C=O) groups is 1. The highest BCUT2D eigenvalue weighted by Gasteiger charge is 2.14. The summed E-state index contributed by atoms with van der Waals surface area (Å²) >= 11 is 1.59. The van der Waals surface area contributed by atoms with Crippen molar-refractivity contribution in [3.63, 3.8) is 0 Å². The lowest BCUT2D eigenvalue weighted by Crippen LogP contribution is -2.14. The molecule has 1 aromatic carbocycles. The Balaban J connectivity index is 2.26. The van der Waals surface area contributed by atoms with Crippen molar-refractivity contribution in [3.8, 4) is 0 Å². The monoisotopic (exact) mass is 276 g/mol. The molecule has 2 rings (SSSR count). The second kappa shape index (κ2) is 5.71. The van der Waals surface area contributed by atoms with Gasteiger partial charge < -0.3 is 16.8 Å². The third-order valence-corrected chi connectivity index (χ3v) is 3.71. The van der Waals surface area contributed by atoms with E-state index in [0.717, 1.165) is 11.4 Å². The molecule has 0 radical (unpaired) electrons. The van der Waals surface area contributed by atoms with Gasteiger partial charge in [-0.1, -0.05) is 6.92 Å². The summed E-state index contributed by atoms with van der Waals surface area (Å²) in [5.74, 6) is -0.467. The Morgan fingerprint density at radius 2 is 2.32 bits per heavy atom. The molecular formula is C13H16N4OS.